The van der Waals surface area contributed by atoms with E-state index >= 15 is 0 Å². The molecule has 0 bridgehead atoms. The zero-order valence-corrected chi connectivity index (χ0v) is 13.2. The highest BCUT2D eigenvalue weighted by Gasteiger charge is 2.10. The van der Waals surface area contributed by atoms with Crippen LogP contribution in [0, 0.1) is 0 Å². The molecule has 1 heteroatoms. The predicted octanol–water partition coefficient (Wildman–Crippen LogP) is 5.47. The summed E-state index contributed by atoms with van der Waals surface area (Å²) in [6.07, 6.45) is 2.42. The van der Waals surface area contributed by atoms with Crippen molar-refractivity contribution in [2.45, 2.75) is 53.4 Å². The largest absolute Gasteiger partial charge is 0.293 e. The first kappa shape index (κ1) is 15.7. The summed E-state index contributed by atoms with van der Waals surface area (Å²) in [5.41, 5.74) is 6.43. The summed E-state index contributed by atoms with van der Waals surface area (Å²) in [4.78, 5) is 4.34. The fraction of sp³-hybridized carbons (Fsp3) is 0.500. The maximum Gasteiger partial charge on any atom is 0.0391 e. The molecule has 0 aliphatic rings. The van der Waals surface area contributed by atoms with E-state index < -0.39 is 0 Å². The normalized spacial score (nSPS) is 11.8. The summed E-state index contributed by atoms with van der Waals surface area (Å²) in [5, 5.41) is 0. The Kier molecular flexibility index (Phi) is 6.01. The van der Waals surface area contributed by atoms with Gasteiger partial charge in [0.05, 0.1) is 0 Å². The zero-order chi connectivity index (χ0) is 14.4. The van der Waals surface area contributed by atoms with Crippen LogP contribution in [0.4, 0.5) is 0 Å². The lowest BCUT2D eigenvalue weighted by molar-refractivity contribution is 0.642. The molecule has 0 amide bonds. The highest BCUT2D eigenvalue weighted by atomic mass is 14.7. The first-order valence-corrected chi connectivity index (χ1v) is 7.26. The van der Waals surface area contributed by atoms with Crippen LogP contribution in [0.25, 0.3) is 5.57 Å². The van der Waals surface area contributed by atoms with Crippen molar-refractivity contribution < 1.29 is 0 Å². The van der Waals surface area contributed by atoms with Crippen LogP contribution in [0.3, 0.4) is 0 Å². The van der Waals surface area contributed by atoms with Crippen molar-refractivity contribution in [1.82, 2.24) is 0 Å². The Hall–Kier alpha value is -1.37. The third kappa shape index (κ3) is 3.79. The quantitative estimate of drug-likeness (QED) is 0.620. The third-order valence-electron chi connectivity index (χ3n) is 3.85. The van der Waals surface area contributed by atoms with Crippen molar-refractivity contribution in [3.63, 3.8) is 0 Å². The highest BCUT2D eigenvalue weighted by Crippen LogP contribution is 2.26. The number of aliphatic imine (C=N–C) groups is 1. The van der Waals surface area contributed by atoms with Crippen molar-refractivity contribution in [2.24, 2.45) is 4.99 Å². The maximum atomic E-state index is 4.34. The van der Waals surface area contributed by atoms with Crippen LogP contribution in [0.1, 0.15) is 64.5 Å². The van der Waals surface area contributed by atoms with Gasteiger partial charge >= 0.3 is 0 Å². The second-order valence-corrected chi connectivity index (χ2v) is 5.32. The Morgan fingerprint density at radius 2 is 1.53 bits per heavy atom. The summed E-state index contributed by atoms with van der Waals surface area (Å²) in [7, 11) is 1.86. The van der Waals surface area contributed by atoms with Gasteiger partial charge in [-0.05, 0) is 50.7 Å². The van der Waals surface area contributed by atoms with E-state index in [1.54, 1.807) is 0 Å². The van der Waals surface area contributed by atoms with Gasteiger partial charge < -0.3 is 0 Å². The zero-order valence-electron chi connectivity index (χ0n) is 13.2. The van der Waals surface area contributed by atoms with Crippen LogP contribution in [0.5, 0.6) is 0 Å². The number of rotatable bonds is 5. The van der Waals surface area contributed by atoms with Gasteiger partial charge in [-0.1, -0.05) is 43.7 Å². The number of nitrogens with zero attached hydrogens (tertiary/aromatic N) is 1. The maximum absolute atomic E-state index is 4.34. The number of hydrogen-bond donors (Lipinski definition) is 0. The van der Waals surface area contributed by atoms with E-state index in [0.29, 0.717) is 5.92 Å². The first-order chi connectivity index (χ1) is 9.04. The van der Waals surface area contributed by atoms with Gasteiger partial charge in [-0.15, -0.1) is 0 Å². The molecule has 1 nitrogen and oxygen atoms in total. The monoisotopic (exact) mass is 257 g/mol. The summed E-state index contributed by atoms with van der Waals surface area (Å²) in [5.74, 6) is 0.685. The lowest BCUT2D eigenvalue weighted by atomic mass is 9.91. The van der Waals surface area contributed by atoms with Gasteiger partial charge in [0.15, 0.2) is 0 Å². The van der Waals surface area contributed by atoms with Gasteiger partial charge in [-0.25, -0.2) is 0 Å². The van der Waals surface area contributed by atoms with Gasteiger partial charge in [0.2, 0.25) is 0 Å². The second-order valence-electron chi connectivity index (χ2n) is 5.32. The molecule has 1 aromatic rings. The minimum absolute atomic E-state index is 0.685. The van der Waals surface area contributed by atoms with Crippen molar-refractivity contribution >= 4 is 11.3 Å². The molecular formula is C18H27N. The van der Waals surface area contributed by atoms with Gasteiger partial charge in [0.1, 0.15) is 0 Å². The standard InChI is InChI=1S/C18H27N/c1-7-15(8-2)16-9-11-17(12-10-16)18(13(3)4)14(5)19-6/h9-12,15H,7-8H2,1-6H3. The molecule has 0 spiro atoms. The van der Waals surface area contributed by atoms with E-state index in [-0.39, 0.29) is 0 Å². The molecule has 0 radical (unpaired) electrons. The first-order valence-electron chi connectivity index (χ1n) is 7.26. The molecule has 0 saturated carbocycles. The summed E-state index contributed by atoms with van der Waals surface area (Å²) in [6.45, 7) is 10.9. The molecule has 1 aromatic carbocycles. The van der Waals surface area contributed by atoms with Crippen LogP contribution < -0.4 is 0 Å². The van der Waals surface area contributed by atoms with Crippen LogP contribution in [0.15, 0.2) is 34.8 Å². The average Bonchev–Trinajstić information content (AvgIpc) is 2.41. The Bertz CT molecular complexity index is 455. The second kappa shape index (κ2) is 7.28. The Balaban J connectivity index is 3.14. The van der Waals surface area contributed by atoms with Crippen molar-refractivity contribution in [2.75, 3.05) is 7.05 Å². The van der Waals surface area contributed by atoms with Crippen LogP contribution in [0.2, 0.25) is 0 Å². The molecule has 19 heavy (non-hydrogen) atoms. The minimum atomic E-state index is 0.685. The molecule has 0 heterocycles. The van der Waals surface area contributed by atoms with Crippen LogP contribution in [-0.2, 0) is 0 Å². The van der Waals surface area contributed by atoms with Gasteiger partial charge in [-0.3, -0.25) is 4.99 Å². The van der Waals surface area contributed by atoms with Gasteiger partial charge in [-0.2, -0.15) is 0 Å². The fourth-order valence-corrected chi connectivity index (χ4v) is 2.65. The Morgan fingerprint density at radius 3 is 1.89 bits per heavy atom. The van der Waals surface area contributed by atoms with Crippen molar-refractivity contribution in [1.29, 1.82) is 0 Å². The van der Waals surface area contributed by atoms with E-state index in [2.05, 4.69) is 63.9 Å². The lowest BCUT2D eigenvalue weighted by Gasteiger charge is -2.15. The lowest BCUT2D eigenvalue weighted by Crippen LogP contribution is -2.01. The van der Waals surface area contributed by atoms with E-state index in [4.69, 9.17) is 0 Å². The fourth-order valence-electron chi connectivity index (χ4n) is 2.65. The molecule has 0 unspecified atom stereocenters. The van der Waals surface area contributed by atoms with E-state index in [9.17, 15) is 0 Å². The van der Waals surface area contributed by atoms with Gasteiger partial charge in [0, 0.05) is 18.3 Å². The molecule has 0 saturated heterocycles. The van der Waals surface area contributed by atoms with Crippen molar-refractivity contribution in [3.05, 3.63) is 41.0 Å². The van der Waals surface area contributed by atoms with E-state index in [0.717, 1.165) is 5.71 Å². The summed E-state index contributed by atoms with van der Waals surface area (Å²) >= 11 is 0. The van der Waals surface area contributed by atoms with Gasteiger partial charge in [0.25, 0.3) is 0 Å². The molecule has 0 aromatic heterocycles. The molecule has 0 fully saturated rings. The Labute approximate surface area is 118 Å². The predicted molar refractivity (Wildman–Crippen MR) is 87.1 cm³/mol. The van der Waals surface area contributed by atoms with Crippen LogP contribution >= 0.6 is 0 Å². The molecule has 0 atom stereocenters. The molecule has 0 aliphatic heterocycles. The Morgan fingerprint density at radius 1 is 1.00 bits per heavy atom. The summed E-state index contributed by atoms with van der Waals surface area (Å²) in [6, 6.07) is 9.03. The molecule has 0 aliphatic carbocycles. The third-order valence-corrected chi connectivity index (χ3v) is 3.85. The SMILES string of the molecule is CCC(CC)c1ccc(C(C(C)=NC)=C(C)C)cc1. The van der Waals surface area contributed by atoms with Crippen LogP contribution in [-0.4, -0.2) is 12.8 Å². The topological polar surface area (TPSA) is 12.4 Å². The van der Waals surface area contributed by atoms with E-state index in [1.807, 2.05) is 7.05 Å². The molecule has 104 valence electrons. The number of benzene rings is 1. The van der Waals surface area contributed by atoms with E-state index in [1.165, 1.54) is 35.1 Å². The molecule has 0 N–H and O–H groups in total. The highest BCUT2D eigenvalue weighted by molar-refractivity contribution is 6.23. The minimum Gasteiger partial charge on any atom is -0.293 e. The summed E-state index contributed by atoms with van der Waals surface area (Å²) < 4.78 is 0. The van der Waals surface area contributed by atoms with Crippen molar-refractivity contribution in [3.8, 4) is 0 Å². The molecular weight excluding hydrogens is 230 g/mol. The number of hydrogen-bond acceptors (Lipinski definition) is 1. The smallest absolute Gasteiger partial charge is 0.0391 e. The molecule has 1 rings (SSSR count). The number of allylic oxidation sites excluding steroid dienone is 2. The average molecular weight is 257 g/mol.